The van der Waals surface area contributed by atoms with Crippen LogP contribution in [0.3, 0.4) is 0 Å². The van der Waals surface area contributed by atoms with Crippen LogP contribution in [0.1, 0.15) is 39.3 Å². The van der Waals surface area contributed by atoms with E-state index in [1.54, 1.807) is 7.11 Å². The molecule has 18 heavy (non-hydrogen) atoms. The summed E-state index contributed by atoms with van der Waals surface area (Å²) in [6.07, 6.45) is 0. The van der Waals surface area contributed by atoms with E-state index in [2.05, 4.69) is 45.1 Å². The van der Waals surface area contributed by atoms with Crippen LogP contribution in [-0.4, -0.2) is 25.9 Å². The molecule has 1 atom stereocenters. The van der Waals surface area contributed by atoms with Gasteiger partial charge in [0.2, 0.25) is 0 Å². The van der Waals surface area contributed by atoms with Crippen LogP contribution in [0.15, 0.2) is 24.3 Å². The highest BCUT2D eigenvalue weighted by atomic mass is 16.5. The largest absolute Gasteiger partial charge is 0.497 e. The van der Waals surface area contributed by atoms with Crippen molar-refractivity contribution in [2.75, 3.05) is 20.3 Å². The van der Waals surface area contributed by atoms with E-state index in [1.807, 2.05) is 12.1 Å². The van der Waals surface area contributed by atoms with Crippen molar-refractivity contribution in [3.8, 4) is 5.75 Å². The number of nitrogens with one attached hydrogen (secondary N) is 1. The van der Waals surface area contributed by atoms with Crippen LogP contribution in [-0.2, 0) is 4.74 Å². The van der Waals surface area contributed by atoms with E-state index in [9.17, 15) is 0 Å². The minimum Gasteiger partial charge on any atom is -0.497 e. The van der Waals surface area contributed by atoms with Crippen molar-refractivity contribution in [2.45, 2.75) is 39.3 Å². The van der Waals surface area contributed by atoms with Gasteiger partial charge in [0.05, 0.1) is 19.3 Å². The van der Waals surface area contributed by atoms with Gasteiger partial charge in [-0.1, -0.05) is 12.1 Å². The molecular formula is C15H25NO2. The molecule has 0 aliphatic heterocycles. The first-order chi connectivity index (χ1) is 8.42. The molecule has 1 N–H and O–H groups in total. The van der Waals surface area contributed by atoms with E-state index in [1.165, 1.54) is 5.56 Å². The van der Waals surface area contributed by atoms with E-state index in [0.717, 1.165) is 18.9 Å². The minimum atomic E-state index is -0.0645. The summed E-state index contributed by atoms with van der Waals surface area (Å²) in [4.78, 5) is 0. The van der Waals surface area contributed by atoms with Gasteiger partial charge in [0.15, 0.2) is 0 Å². The number of methoxy groups -OCH3 is 1. The highest BCUT2D eigenvalue weighted by Gasteiger charge is 2.10. The summed E-state index contributed by atoms with van der Waals surface area (Å²) in [6.45, 7) is 9.94. The fourth-order valence-corrected chi connectivity index (χ4v) is 1.64. The molecule has 102 valence electrons. The second-order valence-corrected chi connectivity index (χ2v) is 5.41. The van der Waals surface area contributed by atoms with Crippen LogP contribution in [0.2, 0.25) is 0 Å². The molecule has 1 aromatic rings. The van der Waals surface area contributed by atoms with Crippen LogP contribution < -0.4 is 10.1 Å². The maximum absolute atomic E-state index is 5.67. The lowest BCUT2D eigenvalue weighted by molar-refractivity contribution is -0.00149. The zero-order chi connectivity index (χ0) is 13.6. The molecule has 1 aromatic carbocycles. The Hall–Kier alpha value is -1.06. The topological polar surface area (TPSA) is 30.5 Å². The summed E-state index contributed by atoms with van der Waals surface area (Å²) in [7, 11) is 1.68. The fourth-order valence-electron chi connectivity index (χ4n) is 1.64. The molecule has 0 aliphatic rings. The Balaban J connectivity index is 2.33. The molecule has 0 aliphatic carbocycles. The molecule has 0 heterocycles. The SMILES string of the molecule is COc1ccc([C@H](C)NCCOC(C)(C)C)cc1. The molecule has 1 rings (SSSR count). The fraction of sp³-hybridized carbons (Fsp3) is 0.600. The van der Waals surface area contributed by atoms with Gasteiger partial charge in [-0.2, -0.15) is 0 Å². The Morgan fingerprint density at radius 3 is 2.28 bits per heavy atom. The normalized spacial score (nSPS) is 13.4. The lowest BCUT2D eigenvalue weighted by atomic mass is 10.1. The summed E-state index contributed by atoms with van der Waals surface area (Å²) in [5.74, 6) is 0.891. The van der Waals surface area contributed by atoms with Gasteiger partial charge < -0.3 is 14.8 Å². The van der Waals surface area contributed by atoms with Crippen molar-refractivity contribution >= 4 is 0 Å². The maximum atomic E-state index is 5.67. The smallest absolute Gasteiger partial charge is 0.118 e. The third kappa shape index (κ3) is 5.52. The summed E-state index contributed by atoms with van der Waals surface area (Å²) in [6, 6.07) is 8.46. The second kappa shape index (κ2) is 6.76. The van der Waals surface area contributed by atoms with E-state index in [4.69, 9.17) is 9.47 Å². The number of benzene rings is 1. The van der Waals surface area contributed by atoms with Gasteiger partial charge in [0.25, 0.3) is 0 Å². The zero-order valence-corrected chi connectivity index (χ0v) is 12.1. The van der Waals surface area contributed by atoms with E-state index in [0.29, 0.717) is 6.04 Å². The van der Waals surface area contributed by atoms with Crippen LogP contribution in [0.25, 0.3) is 0 Å². The predicted molar refractivity (Wildman–Crippen MR) is 75.1 cm³/mol. The molecule has 0 radical (unpaired) electrons. The third-order valence-electron chi connectivity index (χ3n) is 2.70. The van der Waals surface area contributed by atoms with Gasteiger partial charge in [-0.05, 0) is 45.4 Å². The van der Waals surface area contributed by atoms with E-state index in [-0.39, 0.29) is 5.60 Å². The van der Waals surface area contributed by atoms with Gasteiger partial charge in [-0.15, -0.1) is 0 Å². The van der Waals surface area contributed by atoms with Crippen LogP contribution in [0.5, 0.6) is 5.75 Å². The number of ether oxygens (including phenoxy) is 2. The summed E-state index contributed by atoms with van der Waals surface area (Å²) >= 11 is 0. The minimum absolute atomic E-state index is 0.0645. The Labute approximate surface area is 110 Å². The number of hydrogen-bond donors (Lipinski definition) is 1. The first kappa shape index (κ1) is 15.0. The van der Waals surface area contributed by atoms with Crippen molar-refractivity contribution in [1.82, 2.24) is 5.32 Å². The van der Waals surface area contributed by atoms with Crippen LogP contribution in [0, 0.1) is 0 Å². The average molecular weight is 251 g/mol. The summed E-state index contributed by atoms with van der Waals surface area (Å²) in [5.41, 5.74) is 1.19. The van der Waals surface area contributed by atoms with Gasteiger partial charge in [0.1, 0.15) is 5.75 Å². The Morgan fingerprint density at radius 1 is 1.17 bits per heavy atom. The molecule has 3 heteroatoms. The predicted octanol–water partition coefficient (Wildman–Crippen LogP) is 3.16. The quantitative estimate of drug-likeness (QED) is 0.788. The Kier molecular flexibility index (Phi) is 5.63. The van der Waals surface area contributed by atoms with Crippen molar-refractivity contribution in [3.05, 3.63) is 29.8 Å². The maximum Gasteiger partial charge on any atom is 0.118 e. The van der Waals surface area contributed by atoms with Crippen LogP contribution in [0.4, 0.5) is 0 Å². The standard InChI is InChI=1S/C15H25NO2/c1-12(16-10-11-18-15(2,3)4)13-6-8-14(17-5)9-7-13/h6-9,12,16H,10-11H2,1-5H3/t12-/m0/s1. The highest BCUT2D eigenvalue weighted by Crippen LogP contribution is 2.17. The molecule has 0 spiro atoms. The summed E-state index contributed by atoms with van der Waals surface area (Å²) < 4.78 is 10.8. The van der Waals surface area contributed by atoms with Gasteiger partial charge >= 0.3 is 0 Å². The lowest BCUT2D eigenvalue weighted by Gasteiger charge is -2.21. The summed E-state index contributed by atoms with van der Waals surface area (Å²) in [5, 5.41) is 3.44. The van der Waals surface area contributed by atoms with E-state index < -0.39 is 0 Å². The van der Waals surface area contributed by atoms with Gasteiger partial charge in [-0.25, -0.2) is 0 Å². The highest BCUT2D eigenvalue weighted by molar-refractivity contribution is 5.28. The van der Waals surface area contributed by atoms with Crippen molar-refractivity contribution in [1.29, 1.82) is 0 Å². The molecule has 0 saturated carbocycles. The molecule has 3 nitrogen and oxygen atoms in total. The third-order valence-corrected chi connectivity index (χ3v) is 2.70. The van der Waals surface area contributed by atoms with Crippen molar-refractivity contribution < 1.29 is 9.47 Å². The molecule has 0 bridgehead atoms. The monoisotopic (exact) mass is 251 g/mol. The Bertz CT molecular complexity index is 341. The number of rotatable bonds is 6. The molecule has 0 amide bonds. The average Bonchev–Trinajstić information content (AvgIpc) is 2.33. The van der Waals surface area contributed by atoms with Crippen molar-refractivity contribution in [3.63, 3.8) is 0 Å². The first-order valence-electron chi connectivity index (χ1n) is 6.43. The Morgan fingerprint density at radius 2 is 1.78 bits per heavy atom. The van der Waals surface area contributed by atoms with E-state index >= 15 is 0 Å². The van der Waals surface area contributed by atoms with Gasteiger partial charge in [-0.3, -0.25) is 0 Å². The van der Waals surface area contributed by atoms with Crippen LogP contribution >= 0.6 is 0 Å². The molecule has 0 saturated heterocycles. The number of hydrogen-bond acceptors (Lipinski definition) is 3. The first-order valence-corrected chi connectivity index (χ1v) is 6.43. The molecule has 0 aromatic heterocycles. The van der Waals surface area contributed by atoms with Gasteiger partial charge in [0, 0.05) is 12.6 Å². The zero-order valence-electron chi connectivity index (χ0n) is 12.1. The lowest BCUT2D eigenvalue weighted by Crippen LogP contribution is -2.28. The molecule has 0 fully saturated rings. The van der Waals surface area contributed by atoms with Crippen molar-refractivity contribution in [2.24, 2.45) is 0 Å². The molecule has 0 unspecified atom stereocenters. The molecular weight excluding hydrogens is 226 g/mol. The second-order valence-electron chi connectivity index (χ2n) is 5.41.